The summed E-state index contributed by atoms with van der Waals surface area (Å²) in [5.74, 6) is 0. The van der Waals surface area contributed by atoms with Crippen LogP contribution in [0.3, 0.4) is 0 Å². The zero-order valence-electron chi connectivity index (χ0n) is 22.3. The molecule has 31 heavy (non-hydrogen) atoms. The average molecular weight is 421 g/mol. The third kappa shape index (κ3) is 6.89. The molecule has 0 heterocycles. The molecule has 0 fully saturated rings. The van der Waals surface area contributed by atoms with Gasteiger partial charge in [0.05, 0.1) is 11.4 Å². The second kappa shape index (κ2) is 10.4. The largest absolute Gasteiger partial charge is 0.286 e. The van der Waals surface area contributed by atoms with E-state index in [0.29, 0.717) is 0 Å². The first kappa shape index (κ1) is 26.8. The molecule has 0 amide bonds. The van der Waals surface area contributed by atoms with Crippen LogP contribution < -0.4 is 0 Å². The number of hydrogen-bond acceptors (Lipinski definition) is 2. The maximum atomic E-state index is 4.68. The van der Waals surface area contributed by atoms with E-state index in [1.807, 2.05) is 14.1 Å². The van der Waals surface area contributed by atoms with E-state index in [1.54, 1.807) is 0 Å². The highest BCUT2D eigenvalue weighted by molar-refractivity contribution is 6.56. The van der Waals surface area contributed by atoms with Crippen LogP contribution in [0.25, 0.3) is 0 Å². The molecule has 0 spiro atoms. The van der Waals surface area contributed by atoms with Crippen molar-refractivity contribution in [2.24, 2.45) is 20.8 Å². The van der Waals surface area contributed by atoms with Crippen molar-refractivity contribution in [3.63, 3.8) is 0 Å². The van der Waals surface area contributed by atoms with Gasteiger partial charge >= 0.3 is 0 Å². The molecular formula is C29H44N2. The molecule has 1 aliphatic rings. The third-order valence-electron chi connectivity index (χ3n) is 6.27. The van der Waals surface area contributed by atoms with E-state index >= 15 is 0 Å². The second-order valence-corrected chi connectivity index (χ2v) is 10.7. The minimum Gasteiger partial charge on any atom is -0.286 e. The smallest absolute Gasteiger partial charge is 0.0906 e. The fraction of sp³-hybridized carbons (Fsp3) is 0.517. The summed E-state index contributed by atoms with van der Waals surface area (Å²) in [6.07, 6.45) is 11.1. The molecule has 0 radical (unpaired) electrons. The molecular weight excluding hydrogens is 376 g/mol. The molecule has 0 bridgehead atoms. The highest BCUT2D eigenvalue weighted by Gasteiger charge is 2.25. The Bertz CT molecular complexity index is 938. The van der Waals surface area contributed by atoms with E-state index in [-0.39, 0.29) is 10.8 Å². The van der Waals surface area contributed by atoms with Crippen molar-refractivity contribution in [2.75, 3.05) is 14.1 Å². The van der Waals surface area contributed by atoms with Crippen LogP contribution in [0.15, 0.2) is 79.4 Å². The van der Waals surface area contributed by atoms with E-state index in [4.69, 9.17) is 0 Å². The van der Waals surface area contributed by atoms with Gasteiger partial charge in [-0.2, -0.15) is 0 Å². The monoisotopic (exact) mass is 420 g/mol. The van der Waals surface area contributed by atoms with Gasteiger partial charge in [0.2, 0.25) is 0 Å². The summed E-state index contributed by atoms with van der Waals surface area (Å²) >= 11 is 0. The first-order valence-corrected chi connectivity index (χ1v) is 11.2. The molecule has 0 aliphatic heterocycles. The maximum absolute atomic E-state index is 4.68. The maximum Gasteiger partial charge on any atom is 0.0906 e. The molecule has 0 aromatic heterocycles. The van der Waals surface area contributed by atoms with Crippen LogP contribution >= 0.6 is 0 Å². The van der Waals surface area contributed by atoms with Gasteiger partial charge in [-0.25, -0.2) is 0 Å². The van der Waals surface area contributed by atoms with E-state index in [1.165, 1.54) is 33.4 Å². The zero-order chi connectivity index (χ0) is 24.1. The van der Waals surface area contributed by atoms with Crippen LogP contribution in [-0.2, 0) is 0 Å². The molecule has 2 heteroatoms. The second-order valence-electron chi connectivity index (χ2n) is 10.7. The van der Waals surface area contributed by atoms with Crippen molar-refractivity contribution in [1.82, 2.24) is 0 Å². The first-order chi connectivity index (χ1) is 14.1. The molecule has 2 nitrogen and oxygen atoms in total. The molecule has 170 valence electrons. The Kier molecular flexibility index (Phi) is 8.99. The Morgan fingerprint density at radius 3 is 1.48 bits per heavy atom. The van der Waals surface area contributed by atoms with Crippen LogP contribution in [0.5, 0.6) is 0 Å². The molecule has 0 saturated carbocycles. The van der Waals surface area contributed by atoms with Crippen molar-refractivity contribution in [3.05, 3.63) is 69.4 Å². The van der Waals surface area contributed by atoms with Crippen molar-refractivity contribution in [3.8, 4) is 0 Å². The highest BCUT2D eigenvalue weighted by Crippen LogP contribution is 2.31. The topological polar surface area (TPSA) is 24.7 Å². The molecule has 0 aromatic rings. The third-order valence-corrected chi connectivity index (χ3v) is 6.27. The first-order valence-electron chi connectivity index (χ1n) is 11.2. The van der Waals surface area contributed by atoms with Gasteiger partial charge in [-0.15, -0.1) is 0 Å². The predicted molar refractivity (Wildman–Crippen MR) is 141 cm³/mol. The lowest BCUT2D eigenvalue weighted by Crippen LogP contribution is -2.25. The average Bonchev–Trinajstić information content (AvgIpc) is 2.66. The highest BCUT2D eigenvalue weighted by atomic mass is 14.8. The van der Waals surface area contributed by atoms with Gasteiger partial charge in [-0.3, -0.25) is 9.98 Å². The van der Waals surface area contributed by atoms with Gasteiger partial charge in [-0.1, -0.05) is 77.0 Å². The number of allylic oxidation sites excluding steroid dienone is 12. The Hall–Kier alpha value is -2.22. The summed E-state index contributed by atoms with van der Waals surface area (Å²) in [6.45, 7) is 24.3. The van der Waals surface area contributed by atoms with E-state index in [2.05, 4.69) is 117 Å². The molecule has 0 aromatic carbocycles. The molecule has 1 aliphatic carbocycles. The summed E-state index contributed by atoms with van der Waals surface area (Å²) in [5.41, 5.74) is 10.9. The van der Waals surface area contributed by atoms with Crippen LogP contribution in [0.2, 0.25) is 0 Å². The lowest BCUT2D eigenvalue weighted by Gasteiger charge is -2.24. The number of nitrogens with zero attached hydrogens (tertiary/aromatic N) is 2. The summed E-state index contributed by atoms with van der Waals surface area (Å²) in [4.78, 5) is 9.34. The Balaban J connectivity index is 3.58. The van der Waals surface area contributed by atoms with Crippen LogP contribution in [-0.4, -0.2) is 25.5 Å². The fourth-order valence-corrected chi connectivity index (χ4v) is 3.21. The van der Waals surface area contributed by atoms with E-state index < -0.39 is 0 Å². The Morgan fingerprint density at radius 1 is 0.677 bits per heavy atom. The van der Waals surface area contributed by atoms with Crippen LogP contribution in [0.4, 0.5) is 0 Å². The van der Waals surface area contributed by atoms with Gasteiger partial charge in [-0.05, 0) is 68.2 Å². The van der Waals surface area contributed by atoms with Gasteiger partial charge < -0.3 is 0 Å². The SMILES string of the molecule is C/N=C1/C(/C(C)=C/C=C(\C)C(C)(C)C)=CC(C)=C(/C(C)=C/C=C(\C)C(C)(C)C)/C1=N/C. The van der Waals surface area contributed by atoms with Crippen molar-refractivity contribution in [1.29, 1.82) is 0 Å². The van der Waals surface area contributed by atoms with Crippen molar-refractivity contribution >= 4 is 11.4 Å². The van der Waals surface area contributed by atoms with Gasteiger partial charge in [0.15, 0.2) is 0 Å². The lowest BCUT2D eigenvalue weighted by atomic mass is 9.82. The van der Waals surface area contributed by atoms with Crippen molar-refractivity contribution < 1.29 is 0 Å². The zero-order valence-corrected chi connectivity index (χ0v) is 22.3. The quantitative estimate of drug-likeness (QED) is 0.323. The predicted octanol–water partition coefficient (Wildman–Crippen LogP) is 8.26. The Labute approximate surface area is 192 Å². The minimum absolute atomic E-state index is 0.165. The van der Waals surface area contributed by atoms with E-state index in [9.17, 15) is 0 Å². The summed E-state index contributed by atoms with van der Waals surface area (Å²) < 4.78 is 0. The van der Waals surface area contributed by atoms with Gasteiger partial charge in [0.1, 0.15) is 0 Å². The van der Waals surface area contributed by atoms with Crippen LogP contribution in [0.1, 0.15) is 76.2 Å². The number of rotatable bonds is 4. The fourth-order valence-electron chi connectivity index (χ4n) is 3.21. The normalized spacial score (nSPS) is 20.7. The molecule has 0 saturated heterocycles. The molecule has 0 unspecified atom stereocenters. The number of hydrogen-bond donors (Lipinski definition) is 0. The number of aliphatic imine (C=N–C) groups is 2. The van der Waals surface area contributed by atoms with Gasteiger partial charge in [0.25, 0.3) is 0 Å². The Morgan fingerprint density at radius 2 is 1.10 bits per heavy atom. The van der Waals surface area contributed by atoms with Crippen molar-refractivity contribution in [2.45, 2.75) is 76.2 Å². The van der Waals surface area contributed by atoms with Crippen LogP contribution in [0, 0.1) is 10.8 Å². The summed E-state index contributed by atoms with van der Waals surface area (Å²) in [5, 5.41) is 0. The minimum atomic E-state index is 0.165. The molecule has 1 rings (SSSR count). The molecule has 0 N–H and O–H groups in total. The summed E-state index contributed by atoms with van der Waals surface area (Å²) in [7, 11) is 3.72. The standard InChI is InChI=1S/C29H44N2/c1-19(14-16-22(4)28(6,7)8)24-18-21(3)25(27(31-13)26(24)30-12)20(2)15-17-23(5)29(9,10)11/h14-18H,1-13H3/b19-14+,20-15+,22-16+,23-17+,30-26-,31-27-. The van der Waals surface area contributed by atoms with E-state index in [0.717, 1.165) is 17.0 Å². The molecule has 0 atom stereocenters. The summed E-state index contributed by atoms with van der Waals surface area (Å²) in [6, 6.07) is 0. The lowest BCUT2D eigenvalue weighted by molar-refractivity contribution is 0.504. The van der Waals surface area contributed by atoms with Gasteiger partial charge in [0, 0.05) is 25.2 Å².